The Bertz CT molecular complexity index is 605. The molecule has 0 saturated heterocycles. The third kappa shape index (κ3) is 8.33. The molecular formula is C10H11N3O6P2. The molecule has 1 rings (SSSR count). The molecule has 1 aromatic rings. The monoisotopic (exact) mass is 331 g/mol. The van der Waals surface area contributed by atoms with E-state index in [0.29, 0.717) is 0 Å². The number of nitrogen functional groups attached to an aromatic ring is 1. The minimum atomic E-state index is -0.331. The Balaban J connectivity index is 2.45. The molecule has 0 aliphatic heterocycles. The zero-order valence-corrected chi connectivity index (χ0v) is 12.5. The van der Waals surface area contributed by atoms with E-state index in [1.165, 1.54) is 6.07 Å². The van der Waals surface area contributed by atoms with Gasteiger partial charge in [-0.1, -0.05) is 0 Å². The molecule has 21 heavy (non-hydrogen) atoms. The molecule has 0 unspecified atom stereocenters. The van der Waals surface area contributed by atoms with E-state index in [2.05, 4.69) is 21.6 Å². The van der Waals surface area contributed by atoms with Crippen LogP contribution in [0.15, 0.2) is 6.07 Å². The molecule has 11 heteroatoms. The number of hydrogen-bond donors (Lipinski definition) is 1. The second-order valence-electron chi connectivity index (χ2n) is 3.16. The summed E-state index contributed by atoms with van der Waals surface area (Å²) in [4.78, 5) is 7.70. The average molecular weight is 331 g/mol. The molecule has 0 aliphatic carbocycles. The SMILES string of the molecule is Nc1nc(OCCOC#P=O)cc(OCCOC#P=O)n1. The summed E-state index contributed by atoms with van der Waals surface area (Å²) in [5.41, 5.74) is 5.51. The van der Waals surface area contributed by atoms with E-state index >= 15 is 0 Å². The van der Waals surface area contributed by atoms with Crippen molar-refractivity contribution in [1.82, 2.24) is 9.97 Å². The van der Waals surface area contributed by atoms with Crippen LogP contribution in [0, 0.1) is 11.6 Å². The van der Waals surface area contributed by atoms with E-state index < -0.39 is 0 Å². The Labute approximate surface area is 122 Å². The molecule has 9 nitrogen and oxygen atoms in total. The summed E-state index contributed by atoms with van der Waals surface area (Å²) in [6, 6.07) is 1.44. The van der Waals surface area contributed by atoms with Gasteiger partial charge in [0.15, 0.2) is 0 Å². The molecule has 2 N–H and O–H groups in total. The predicted octanol–water partition coefficient (Wildman–Crippen LogP) is 1.27. The van der Waals surface area contributed by atoms with Crippen LogP contribution in [0.3, 0.4) is 0 Å². The van der Waals surface area contributed by atoms with Crippen molar-refractivity contribution in [2.24, 2.45) is 0 Å². The molecule has 112 valence electrons. The van der Waals surface area contributed by atoms with Crippen molar-refractivity contribution in [2.45, 2.75) is 0 Å². The van der Waals surface area contributed by atoms with Gasteiger partial charge in [0.05, 0.1) is 0 Å². The first-order valence-electron chi connectivity index (χ1n) is 5.54. The Kier molecular flexibility index (Phi) is 9.25. The van der Waals surface area contributed by atoms with Crippen molar-refractivity contribution in [3.8, 4) is 23.4 Å². The third-order valence-electron chi connectivity index (χ3n) is 1.77. The van der Waals surface area contributed by atoms with Crippen molar-refractivity contribution < 1.29 is 28.1 Å². The van der Waals surface area contributed by atoms with Gasteiger partial charge in [0.1, 0.15) is 0 Å². The van der Waals surface area contributed by atoms with E-state index in [0.717, 1.165) is 0 Å². The van der Waals surface area contributed by atoms with Gasteiger partial charge in [0, 0.05) is 0 Å². The Morgan fingerprint density at radius 3 is 1.86 bits per heavy atom. The minimum absolute atomic E-state index is 0.0169. The molecule has 0 fully saturated rings. The maximum absolute atomic E-state index is 10.0. The molecular weight excluding hydrogens is 320 g/mol. The van der Waals surface area contributed by atoms with E-state index in [1.807, 2.05) is 0 Å². The zero-order chi connectivity index (χ0) is 15.3. The average Bonchev–Trinajstić information content (AvgIpc) is 2.46. The first-order chi connectivity index (χ1) is 10.3. The first-order valence-corrected chi connectivity index (χ1v) is 7.17. The van der Waals surface area contributed by atoms with E-state index in [-0.39, 0.29) is 60.0 Å². The van der Waals surface area contributed by atoms with Gasteiger partial charge in [0.25, 0.3) is 0 Å². The van der Waals surface area contributed by atoms with E-state index in [9.17, 15) is 9.13 Å². The summed E-state index contributed by atoms with van der Waals surface area (Å²) in [6.07, 6.45) is 0. The number of nitrogens with two attached hydrogens (primary N) is 1. The molecule has 1 aromatic heterocycles. The van der Waals surface area contributed by atoms with Gasteiger partial charge >= 0.3 is 121 Å². The Morgan fingerprint density at radius 2 is 1.43 bits per heavy atom. The van der Waals surface area contributed by atoms with Gasteiger partial charge in [-0.2, -0.15) is 0 Å². The van der Waals surface area contributed by atoms with Crippen LogP contribution in [-0.2, 0) is 18.6 Å². The standard InChI is InChI=1S/C10H11N3O6P2/c11-10-12-8(18-3-1-16-6-20-14)5-9(13-10)19-4-2-17-7-21-15/h5H,1-4H2,(H2,11,12,13). The van der Waals surface area contributed by atoms with Crippen molar-refractivity contribution in [1.29, 1.82) is 0 Å². The van der Waals surface area contributed by atoms with Crippen LogP contribution < -0.4 is 15.2 Å². The number of nitrogens with zero attached hydrogens (tertiary/aromatic N) is 2. The summed E-state index contributed by atoms with van der Waals surface area (Å²) in [6.45, 7) is 0.633. The van der Waals surface area contributed by atoms with E-state index in [4.69, 9.17) is 24.7 Å². The quantitative estimate of drug-likeness (QED) is 0.554. The third-order valence-corrected chi connectivity index (χ3v) is 2.18. The number of ether oxygens (including phenoxy) is 4. The van der Waals surface area contributed by atoms with Crippen molar-refractivity contribution in [3.63, 3.8) is 0 Å². The van der Waals surface area contributed by atoms with Crippen LogP contribution in [0.4, 0.5) is 5.95 Å². The molecule has 0 amide bonds. The number of rotatable bonds is 8. The summed E-state index contributed by atoms with van der Waals surface area (Å²) in [7, 11) is -0.663. The molecule has 0 radical (unpaired) electrons. The summed E-state index contributed by atoms with van der Waals surface area (Å²) in [5, 5.41) is 0. The molecule has 0 spiro atoms. The molecule has 0 aliphatic rings. The number of aromatic nitrogens is 2. The number of anilines is 1. The summed E-state index contributed by atoms with van der Waals surface area (Å²) in [5.74, 6) is 4.62. The predicted molar refractivity (Wildman–Crippen MR) is 72.3 cm³/mol. The Hall–Kier alpha value is -1.58. The summed E-state index contributed by atoms with van der Waals surface area (Å²) >= 11 is 0. The van der Waals surface area contributed by atoms with Gasteiger partial charge in [-0.3, -0.25) is 0 Å². The van der Waals surface area contributed by atoms with Crippen LogP contribution in [0.5, 0.6) is 11.8 Å². The second-order valence-corrected chi connectivity index (χ2v) is 3.89. The van der Waals surface area contributed by atoms with Gasteiger partial charge in [-0.05, 0) is 0 Å². The zero-order valence-electron chi connectivity index (χ0n) is 10.7. The second kappa shape index (κ2) is 11.1. The van der Waals surface area contributed by atoms with Crippen molar-refractivity contribution in [3.05, 3.63) is 6.07 Å². The van der Waals surface area contributed by atoms with Gasteiger partial charge in [-0.15, -0.1) is 0 Å². The van der Waals surface area contributed by atoms with Gasteiger partial charge < -0.3 is 0 Å². The van der Waals surface area contributed by atoms with Crippen LogP contribution in [0.2, 0.25) is 0 Å². The van der Waals surface area contributed by atoms with Crippen molar-refractivity contribution in [2.75, 3.05) is 32.2 Å². The van der Waals surface area contributed by atoms with Crippen LogP contribution in [0.1, 0.15) is 0 Å². The fraction of sp³-hybridized carbons (Fsp3) is 0.400. The van der Waals surface area contributed by atoms with Crippen LogP contribution in [-0.4, -0.2) is 36.4 Å². The molecule has 0 atom stereocenters. The maximum atomic E-state index is 10.0. The number of hydrogen-bond acceptors (Lipinski definition) is 9. The molecule has 0 aromatic carbocycles. The Morgan fingerprint density at radius 1 is 0.952 bits per heavy atom. The normalized spacial score (nSPS) is 9.33. The van der Waals surface area contributed by atoms with Gasteiger partial charge in [0.2, 0.25) is 0 Å². The molecule has 0 bridgehead atoms. The molecule has 1 heterocycles. The fourth-order valence-corrected chi connectivity index (χ4v) is 1.38. The first kappa shape index (κ1) is 17.5. The molecule has 0 saturated carbocycles. The van der Waals surface area contributed by atoms with E-state index in [1.54, 1.807) is 0 Å². The summed E-state index contributed by atoms with van der Waals surface area (Å²) < 4.78 is 40.0. The fourth-order valence-electron chi connectivity index (χ4n) is 1.09. The van der Waals surface area contributed by atoms with Crippen LogP contribution in [0.25, 0.3) is 0 Å². The van der Waals surface area contributed by atoms with Crippen LogP contribution >= 0.6 is 15.8 Å². The van der Waals surface area contributed by atoms with Crippen molar-refractivity contribution >= 4 is 21.8 Å². The van der Waals surface area contributed by atoms with Gasteiger partial charge in [-0.25, -0.2) is 0 Å². The topological polar surface area (TPSA) is 123 Å².